The predicted molar refractivity (Wildman–Crippen MR) is 70.2 cm³/mol. The van der Waals surface area contributed by atoms with E-state index in [1.165, 1.54) is 24.4 Å². The van der Waals surface area contributed by atoms with Gasteiger partial charge < -0.3 is 4.74 Å². The minimum atomic E-state index is -0.627. The first kappa shape index (κ1) is 13.8. The van der Waals surface area contributed by atoms with Gasteiger partial charge in [0, 0.05) is 6.07 Å². The molecule has 0 aliphatic rings. The summed E-state index contributed by atoms with van der Waals surface area (Å²) in [7, 11) is 0. The van der Waals surface area contributed by atoms with Crippen molar-refractivity contribution in [3.05, 3.63) is 49.8 Å². The van der Waals surface area contributed by atoms with Crippen molar-refractivity contribution >= 4 is 40.5 Å². The van der Waals surface area contributed by atoms with Crippen LogP contribution in [0.4, 0.5) is 5.69 Å². The molecule has 0 aliphatic heterocycles. The largest absolute Gasteiger partial charge is 0.429 e. The van der Waals surface area contributed by atoms with Gasteiger partial charge in [-0.1, -0.05) is 29.3 Å². The van der Waals surface area contributed by atoms with Crippen LogP contribution in [0.15, 0.2) is 24.4 Å². The molecule has 6 nitrogen and oxygen atoms in total. The molecule has 0 spiro atoms. The topological polar surface area (TPSA) is 78.2 Å². The Morgan fingerprint density at radius 3 is 2.63 bits per heavy atom. The molecule has 1 aromatic carbocycles. The van der Waals surface area contributed by atoms with E-state index in [4.69, 9.17) is 39.5 Å². The highest BCUT2D eigenvalue weighted by molar-refractivity contribution is 6.33. The highest BCUT2D eigenvalue weighted by atomic mass is 35.5. The summed E-state index contributed by atoms with van der Waals surface area (Å²) in [6.45, 7) is 0. The third-order valence-corrected chi connectivity index (χ3v) is 2.76. The Bertz CT molecular complexity index is 651. The summed E-state index contributed by atoms with van der Waals surface area (Å²) in [6, 6.07) is 4.13. The van der Waals surface area contributed by atoms with Crippen LogP contribution in [0.1, 0.15) is 0 Å². The second-order valence-electron chi connectivity index (χ2n) is 3.24. The van der Waals surface area contributed by atoms with Crippen molar-refractivity contribution in [2.45, 2.75) is 0 Å². The fraction of sp³-hybridized carbons (Fsp3) is 0. The number of rotatable bonds is 3. The summed E-state index contributed by atoms with van der Waals surface area (Å²) in [5, 5.41) is 10.9. The van der Waals surface area contributed by atoms with E-state index >= 15 is 0 Å². The highest BCUT2D eigenvalue weighted by Crippen LogP contribution is 2.39. The number of benzene rings is 1. The Labute approximate surface area is 122 Å². The van der Waals surface area contributed by atoms with E-state index in [0.717, 1.165) is 0 Å². The van der Waals surface area contributed by atoms with Crippen molar-refractivity contribution in [1.82, 2.24) is 9.97 Å². The Morgan fingerprint density at radius 1 is 1.21 bits per heavy atom. The number of halogens is 3. The predicted octanol–water partition coefficient (Wildman–Crippen LogP) is 4.14. The molecule has 0 unspecified atom stereocenters. The molecule has 9 heteroatoms. The van der Waals surface area contributed by atoms with E-state index < -0.39 is 4.92 Å². The molecule has 0 saturated heterocycles. The van der Waals surface area contributed by atoms with Gasteiger partial charge in [-0.15, -0.1) is 0 Å². The minimum absolute atomic E-state index is 0.0543. The number of nitro benzene ring substituents is 1. The van der Waals surface area contributed by atoms with Crippen LogP contribution < -0.4 is 4.74 Å². The average molecular weight is 321 g/mol. The lowest BCUT2D eigenvalue weighted by Crippen LogP contribution is -1.96. The van der Waals surface area contributed by atoms with Crippen molar-refractivity contribution in [1.29, 1.82) is 0 Å². The van der Waals surface area contributed by atoms with Crippen LogP contribution in [0.5, 0.6) is 11.6 Å². The molecule has 2 aromatic rings. The summed E-state index contributed by atoms with van der Waals surface area (Å²) < 4.78 is 5.27. The van der Waals surface area contributed by atoms with Gasteiger partial charge in [-0.05, 0) is 17.7 Å². The maximum atomic E-state index is 10.9. The van der Waals surface area contributed by atoms with Crippen molar-refractivity contribution < 1.29 is 9.66 Å². The Kier molecular flexibility index (Phi) is 4.04. The molecular formula is C10H4Cl3N3O3. The number of hydrogen-bond donors (Lipinski definition) is 0. The van der Waals surface area contributed by atoms with Crippen LogP contribution in [-0.4, -0.2) is 14.9 Å². The molecule has 0 N–H and O–H groups in total. The maximum absolute atomic E-state index is 10.9. The van der Waals surface area contributed by atoms with E-state index in [2.05, 4.69) is 9.97 Å². The zero-order chi connectivity index (χ0) is 14.0. The number of nitrogens with zero attached hydrogens (tertiary/aromatic N) is 3. The third-order valence-electron chi connectivity index (χ3n) is 2.02. The lowest BCUT2D eigenvalue weighted by atomic mass is 10.3. The summed E-state index contributed by atoms with van der Waals surface area (Å²) in [6.07, 6.45) is 1.22. The summed E-state index contributed by atoms with van der Waals surface area (Å²) in [5.74, 6) is -0.274. The molecule has 0 amide bonds. The first-order valence-corrected chi connectivity index (χ1v) is 5.91. The van der Waals surface area contributed by atoms with Crippen molar-refractivity contribution in [2.24, 2.45) is 0 Å². The Hall–Kier alpha value is -1.63. The van der Waals surface area contributed by atoms with Gasteiger partial charge in [-0.3, -0.25) is 10.1 Å². The number of nitro groups is 1. The van der Waals surface area contributed by atoms with E-state index in [9.17, 15) is 10.1 Å². The van der Waals surface area contributed by atoms with Gasteiger partial charge >= 0.3 is 5.69 Å². The van der Waals surface area contributed by atoms with Crippen LogP contribution in [0.2, 0.25) is 15.3 Å². The van der Waals surface area contributed by atoms with Gasteiger partial charge in [0.1, 0.15) is 5.02 Å². The Morgan fingerprint density at radius 2 is 1.95 bits per heavy atom. The van der Waals surface area contributed by atoms with Crippen LogP contribution in [0.3, 0.4) is 0 Å². The molecule has 0 saturated carbocycles. The summed E-state index contributed by atoms with van der Waals surface area (Å²) >= 11 is 17.3. The summed E-state index contributed by atoms with van der Waals surface area (Å²) in [4.78, 5) is 17.6. The molecular weight excluding hydrogens is 316 g/mol. The average Bonchev–Trinajstić information content (AvgIpc) is 2.35. The smallest absolute Gasteiger partial charge is 0.313 e. The quantitative estimate of drug-likeness (QED) is 0.482. The van der Waals surface area contributed by atoms with Crippen LogP contribution in [0.25, 0.3) is 0 Å². The van der Waals surface area contributed by atoms with Gasteiger partial charge in [-0.2, -0.15) is 4.98 Å². The molecule has 1 aromatic heterocycles. The zero-order valence-electron chi connectivity index (χ0n) is 9.01. The van der Waals surface area contributed by atoms with Crippen molar-refractivity contribution in [2.75, 3.05) is 0 Å². The van der Waals surface area contributed by atoms with Crippen molar-refractivity contribution in [3.8, 4) is 11.6 Å². The molecule has 1 heterocycles. The molecule has 0 radical (unpaired) electrons. The normalized spacial score (nSPS) is 10.3. The molecule has 0 aliphatic carbocycles. The van der Waals surface area contributed by atoms with Crippen LogP contribution in [-0.2, 0) is 0 Å². The van der Waals surface area contributed by atoms with Gasteiger partial charge in [-0.25, -0.2) is 4.98 Å². The van der Waals surface area contributed by atoms with Crippen molar-refractivity contribution in [3.63, 3.8) is 0 Å². The summed E-state index contributed by atoms with van der Waals surface area (Å²) in [5.41, 5.74) is -0.307. The highest BCUT2D eigenvalue weighted by Gasteiger charge is 2.20. The van der Waals surface area contributed by atoms with Gasteiger partial charge in [0.05, 0.1) is 16.1 Å². The van der Waals surface area contributed by atoms with Crippen LogP contribution >= 0.6 is 34.8 Å². The van der Waals surface area contributed by atoms with Gasteiger partial charge in [0.15, 0.2) is 0 Å². The SMILES string of the molecule is O=[N+]([O-])c1cccc(Cl)c1Oc1nc(Cl)ncc1Cl. The zero-order valence-corrected chi connectivity index (χ0v) is 11.3. The lowest BCUT2D eigenvalue weighted by molar-refractivity contribution is -0.385. The second-order valence-corrected chi connectivity index (χ2v) is 4.39. The minimum Gasteiger partial charge on any atom is -0.429 e. The molecule has 2 rings (SSSR count). The lowest BCUT2D eigenvalue weighted by Gasteiger charge is -2.08. The number of para-hydroxylation sites is 1. The number of hydrogen-bond acceptors (Lipinski definition) is 5. The van der Waals surface area contributed by atoms with E-state index in [1.54, 1.807) is 0 Å². The number of aromatic nitrogens is 2. The van der Waals surface area contributed by atoms with Gasteiger partial charge in [0.2, 0.25) is 16.9 Å². The van der Waals surface area contributed by atoms with E-state index in [1.807, 2.05) is 0 Å². The first-order chi connectivity index (χ1) is 8.99. The molecule has 19 heavy (non-hydrogen) atoms. The Balaban J connectivity index is 2.49. The van der Waals surface area contributed by atoms with Crippen LogP contribution in [0, 0.1) is 10.1 Å². The molecule has 0 atom stereocenters. The molecule has 98 valence electrons. The monoisotopic (exact) mass is 319 g/mol. The molecule has 0 fully saturated rings. The maximum Gasteiger partial charge on any atom is 0.313 e. The second kappa shape index (κ2) is 5.56. The fourth-order valence-corrected chi connectivity index (χ4v) is 1.71. The standard InChI is InChI=1S/C10H4Cl3N3O3/c11-5-2-1-3-7(16(17)18)8(5)19-9-6(12)4-14-10(13)15-9/h1-4H. The fourth-order valence-electron chi connectivity index (χ4n) is 1.24. The van der Waals surface area contributed by atoms with E-state index in [-0.39, 0.29) is 32.6 Å². The number of ether oxygens (including phenoxy) is 1. The van der Waals surface area contributed by atoms with E-state index in [0.29, 0.717) is 0 Å². The first-order valence-electron chi connectivity index (χ1n) is 4.78. The van der Waals surface area contributed by atoms with Gasteiger partial charge in [0.25, 0.3) is 0 Å². The third kappa shape index (κ3) is 3.04. The molecule has 0 bridgehead atoms.